The number of para-hydroxylation sites is 1. The SMILES string of the molecule is CCOc1ccccc1C(=O)NCC(=O)O[C@H](C)c1ccc(F)cc1. The minimum atomic E-state index is -0.584. The van der Waals surface area contributed by atoms with Crippen LogP contribution < -0.4 is 10.1 Å². The summed E-state index contributed by atoms with van der Waals surface area (Å²) in [5.41, 5.74) is 1.02. The normalized spacial score (nSPS) is 11.5. The average Bonchev–Trinajstić information content (AvgIpc) is 2.61. The Morgan fingerprint density at radius 3 is 2.48 bits per heavy atom. The van der Waals surface area contributed by atoms with Crippen molar-refractivity contribution in [1.82, 2.24) is 5.32 Å². The largest absolute Gasteiger partial charge is 0.493 e. The van der Waals surface area contributed by atoms with E-state index in [1.54, 1.807) is 43.3 Å². The quantitative estimate of drug-likeness (QED) is 0.783. The van der Waals surface area contributed by atoms with Crippen molar-refractivity contribution in [3.8, 4) is 5.75 Å². The number of hydrogen-bond acceptors (Lipinski definition) is 4. The first-order valence-electron chi connectivity index (χ1n) is 7.96. The molecule has 0 fully saturated rings. The zero-order valence-corrected chi connectivity index (χ0v) is 14.1. The summed E-state index contributed by atoms with van der Waals surface area (Å²) in [5.74, 6) is -0.910. The van der Waals surface area contributed by atoms with Crippen molar-refractivity contribution >= 4 is 11.9 Å². The summed E-state index contributed by atoms with van der Waals surface area (Å²) in [5, 5.41) is 2.51. The molecular weight excluding hydrogens is 325 g/mol. The third kappa shape index (κ3) is 5.31. The molecule has 1 N–H and O–H groups in total. The van der Waals surface area contributed by atoms with Crippen LogP contribution in [0.3, 0.4) is 0 Å². The maximum Gasteiger partial charge on any atom is 0.326 e. The fraction of sp³-hybridized carbons (Fsp3) is 0.263. The van der Waals surface area contributed by atoms with Crippen LogP contribution in [-0.4, -0.2) is 25.0 Å². The first-order valence-corrected chi connectivity index (χ1v) is 7.96. The highest BCUT2D eigenvalue weighted by atomic mass is 19.1. The van der Waals surface area contributed by atoms with E-state index in [0.717, 1.165) is 0 Å². The van der Waals surface area contributed by atoms with Crippen LogP contribution >= 0.6 is 0 Å². The molecule has 0 aliphatic heterocycles. The molecule has 2 aromatic rings. The van der Waals surface area contributed by atoms with Crippen molar-refractivity contribution in [1.29, 1.82) is 0 Å². The smallest absolute Gasteiger partial charge is 0.326 e. The monoisotopic (exact) mass is 345 g/mol. The Morgan fingerprint density at radius 1 is 1.12 bits per heavy atom. The van der Waals surface area contributed by atoms with Crippen LogP contribution in [0.5, 0.6) is 5.75 Å². The van der Waals surface area contributed by atoms with Gasteiger partial charge in [-0.1, -0.05) is 24.3 Å². The van der Waals surface area contributed by atoms with E-state index in [-0.39, 0.29) is 12.4 Å². The van der Waals surface area contributed by atoms with Crippen LogP contribution in [0.4, 0.5) is 4.39 Å². The van der Waals surface area contributed by atoms with Crippen LogP contribution in [0.1, 0.15) is 35.9 Å². The van der Waals surface area contributed by atoms with E-state index in [4.69, 9.17) is 9.47 Å². The summed E-state index contributed by atoms with van der Waals surface area (Å²) >= 11 is 0. The molecule has 0 saturated heterocycles. The van der Waals surface area contributed by atoms with E-state index in [1.807, 2.05) is 6.92 Å². The topological polar surface area (TPSA) is 64.6 Å². The molecule has 0 heterocycles. The predicted molar refractivity (Wildman–Crippen MR) is 90.9 cm³/mol. The van der Waals surface area contributed by atoms with Crippen LogP contribution in [-0.2, 0) is 9.53 Å². The van der Waals surface area contributed by atoms with E-state index in [1.165, 1.54) is 12.1 Å². The van der Waals surface area contributed by atoms with Gasteiger partial charge in [-0.15, -0.1) is 0 Å². The van der Waals surface area contributed by atoms with Crippen LogP contribution in [0, 0.1) is 5.82 Å². The van der Waals surface area contributed by atoms with Gasteiger partial charge < -0.3 is 14.8 Å². The third-order valence-electron chi connectivity index (χ3n) is 3.47. The number of esters is 1. The zero-order valence-electron chi connectivity index (χ0n) is 14.1. The molecule has 0 aliphatic rings. The molecule has 1 amide bonds. The lowest BCUT2D eigenvalue weighted by Crippen LogP contribution is -2.31. The lowest BCUT2D eigenvalue weighted by Gasteiger charge is -2.14. The number of hydrogen-bond donors (Lipinski definition) is 1. The Morgan fingerprint density at radius 2 is 1.80 bits per heavy atom. The Bertz CT molecular complexity index is 730. The summed E-state index contributed by atoms with van der Waals surface area (Å²) in [7, 11) is 0. The van der Waals surface area contributed by atoms with Crippen molar-refractivity contribution in [3.05, 3.63) is 65.5 Å². The number of nitrogens with one attached hydrogen (secondary N) is 1. The third-order valence-corrected chi connectivity index (χ3v) is 3.47. The molecule has 5 nitrogen and oxygen atoms in total. The number of carbonyl (C=O) groups excluding carboxylic acids is 2. The molecule has 0 saturated carbocycles. The Hall–Kier alpha value is -2.89. The number of rotatable bonds is 7. The summed E-state index contributed by atoms with van der Waals surface area (Å²) < 4.78 is 23.5. The van der Waals surface area contributed by atoms with E-state index < -0.39 is 18.0 Å². The van der Waals surface area contributed by atoms with Crippen LogP contribution in [0.15, 0.2) is 48.5 Å². The van der Waals surface area contributed by atoms with E-state index >= 15 is 0 Å². The highest BCUT2D eigenvalue weighted by Crippen LogP contribution is 2.18. The van der Waals surface area contributed by atoms with Gasteiger partial charge in [0, 0.05) is 0 Å². The van der Waals surface area contributed by atoms with E-state index in [9.17, 15) is 14.0 Å². The molecule has 6 heteroatoms. The first-order chi connectivity index (χ1) is 12.0. The minimum absolute atomic E-state index is 0.273. The number of carbonyl (C=O) groups is 2. The van der Waals surface area contributed by atoms with Gasteiger partial charge in [-0.2, -0.15) is 0 Å². The van der Waals surface area contributed by atoms with Crippen molar-refractivity contribution in [2.45, 2.75) is 20.0 Å². The minimum Gasteiger partial charge on any atom is -0.493 e. The zero-order chi connectivity index (χ0) is 18.2. The molecule has 132 valence electrons. The van der Waals surface area contributed by atoms with Crippen molar-refractivity contribution < 1.29 is 23.5 Å². The van der Waals surface area contributed by atoms with Crippen LogP contribution in [0.25, 0.3) is 0 Å². The second-order valence-corrected chi connectivity index (χ2v) is 5.30. The van der Waals surface area contributed by atoms with Crippen molar-refractivity contribution in [2.75, 3.05) is 13.2 Å². The van der Waals surface area contributed by atoms with Crippen molar-refractivity contribution in [2.24, 2.45) is 0 Å². The summed E-state index contributed by atoms with van der Waals surface area (Å²) in [4.78, 5) is 24.1. The molecule has 25 heavy (non-hydrogen) atoms. The van der Waals surface area contributed by atoms with Gasteiger partial charge >= 0.3 is 5.97 Å². The fourth-order valence-electron chi connectivity index (χ4n) is 2.22. The Balaban J connectivity index is 1.89. The van der Waals surface area contributed by atoms with Gasteiger partial charge in [0.25, 0.3) is 5.91 Å². The first kappa shape index (κ1) is 18.4. The number of amides is 1. The summed E-state index contributed by atoms with van der Waals surface area (Å²) in [6, 6.07) is 12.5. The second kappa shape index (κ2) is 8.82. The van der Waals surface area contributed by atoms with Gasteiger partial charge in [-0.25, -0.2) is 4.39 Å². The van der Waals surface area contributed by atoms with E-state index in [2.05, 4.69) is 5.32 Å². The molecule has 0 spiro atoms. The lowest BCUT2D eigenvalue weighted by atomic mass is 10.1. The van der Waals surface area contributed by atoms with Crippen LogP contribution in [0.2, 0.25) is 0 Å². The van der Waals surface area contributed by atoms with Gasteiger partial charge in [0.15, 0.2) is 0 Å². The molecule has 2 aromatic carbocycles. The highest BCUT2D eigenvalue weighted by molar-refractivity contribution is 5.98. The lowest BCUT2D eigenvalue weighted by molar-refractivity contribution is -0.147. The number of ether oxygens (including phenoxy) is 2. The molecule has 1 atom stereocenters. The molecule has 2 rings (SSSR count). The summed E-state index contributed by atoms with van der Waals surface area (Å²) in [6.45, 7) is 3.66. The summed E-state index contributed by atoms with van der Waals surface area (Å²) in [6.07, 6.45) is -0.541. The molecule has 0 aliphatic carbocycles. The fourth-order valence-corrected chi connectivity index (χ4v) is 2.22. The molecule has 0 bridgehead atoms. The van der Waals surface area contributed by atoms with Gasteiger partial charge in [0.05, 0.1) is 12.2 Å². The van der Waals surface area contributed by atoms with Gasteiger partial charge in [0.2, 0.25) is 0 Å². The number of halogens is 1. The predicted octanol–water partition coefficient (Wildman–Crippen LogP) is 3.26. The molecular formula is C19H20FNO4. The highest BCUT2D eigenvalue weighted by Gasteiger charge is 2.15. The Kier molecular flexibility index (Phi) is 6.51. The van der Waals surface area contributed by atoms with Gasteiger partial charge in [-0.05, 0) is 43.7 Å². The maximum absolute atomic E-state index is 12.9. The maximum atomic E-state index is 12.9. The second-order valence-electron chi connectivity index (χ2n) is 5.30. The molecule has 0 unspecified atom stereocenters. The van der Waals surface area contributed by atoms with E-state index in [0.29, 0.717) is 23.5 Å². The number of benzene rings is 2. The average molecular weight is 345 g/mol. The molecule has 0 radical (unpaired) electrons. The molecule has 0 aromatic heterocycles. The van der Waals surface area contributed by atoms with Crippen molar-refractivity contribution in [3.63, 3.8) is 0 Å². The standard InChI is InChI=1S/C19H20FNO4/c1-3-24-17-7-5-4-6-16(17)19(23)21-12-18(22)25-13(2)14-8-10-15(20)11-9-14/h4-11,13H,3,12H2,1-2H3,(H,21,23)/t13-/m1/s1. The van der Waals surface area contributed by atoms with Gasteiger partial charge in [0.1, 0.15) is 24.2 Å². The Labute approximate surface area is 145 Å². The van der Waals surface area contributed by atoms with Gasteiger partial charge in [-0.3, -0.25) is 9.59 Å².